The van der Waals surface area contributed by atoms with E-state index in [1.807, 2.05) is 13.8 Å². The fourth-order valence-corrected chi connectivity index (χ4v) is 0.826. The summed E-state index contributed by atoms with van der Waals surface area (Å²) in [5.41, 5.74) is -0.262. The molecule has 4 nitrogen and oxygen atoms in total. The van der Waals surface area contributed by atoms with Crippen LogP contribution in [0.15, 0.2) is 0 Å². The van der Waals surface area contributed by atoms with Crippen molar-refractivity contribution in [3.05, 3.63) is 0 Å². The molecule has 0 amide bonds. The summed E-state index contributed by atoms with van der Waals surface area (Å²) in [6.07, 6.45) is 0.690. The molecule has 0 aromatic rings. The maximum atomic E-state index is 9.87. The van der Waals surface area contributed by atoms with Crippen molar-refractivity contribution in [3.63, 3.8) is 0 Å². The third-order valence-electron chi connectivity index (χ3n) is 1.67. The molecule has 0 heterocycles. The second-order valence-corrected chi connectivity index (χ2v) is 3.32. The highest BCUT2D eigenvalue weighted by molar-refractivity contribution is 5.36. The third kappa shape index (κ3) is 7.74. The van der Waals surface area contributed by atoms with Gasteiger partial charge in [-0.2, -0.15) is 0 Å². The van der Waals surface area contributed by atoms with E-state index in [1.165, 1.54) is 0 Å². The number of hydrogen-bond acceptors (Lipinski definition) is 4. The van der Waals surface area contributed by atoms with Gasteiger partial charge in [-0.3, -0.25) is 4.79 Å². The van der Waals surface area contributed by atoms with Gasteiger partial charge < -0.3 is 14.2 Å². The fourth-order valence-electron chi connectivity index (χ4n) is 0.826. The second kappa shape index (κ2) is 6.86. The summed E-state index contributed by atoms with van der Waals surface area (Å²) in [6, 6.07) is 0. The Hall–Kier alpha value is -0.610. The van der Waals surface area contributed by atoms with Gasteiger partial charge in [-0.1, -0.05) is 0 Å². The molecule has 0 aliphatic carbocycles. The minimum Gasteiger partial charge on any atom is -0.468 e. The highest BCUT2D eigenvalue weighted by Crippen LogP contribution is 2.13. The molecular weight excluding hydrogens is 172 g/mol. The Morgan fingerprint density at radius 2 is 1.92 bits per heavy atom. The zero-order valence-electron chi connectivity index (χ0n) is 8.54. The van der Waals surface area contributed by atoms with Crippen LogP contribution < -0.4 is 0 Å². The highest BCUT2D eigenvalue weighted by Gasteiger charge is 2.17. The molecule has 0 saturated heterocycles. The Morgan fingerprint density at radius 1 is 1.23 bits per heavy atom. The lowest BCUT2D eigenvalue weighted by atomic mass is 10.1. The number of rotatable bonds is 8. The van der Waals surface area contributed by atoms with Crippen LogP contribution in [0.1, 0.15) is 20.3 Å². The summed E-state index contributed by atoms with van der Waals surface area (Å²) in [7, 11) is 1.63. The van der Waals surface area contributed by atoms with Crippen molar-refractivity contribution >= 4 is 6.47 Å². The van der Waals surface area contributed by atoms with Gasteiger partial charge in [0.25, 0.3) is 6.47 Å². The summed E-state index contributed by atoms with van der Waals surface area (Å²) >= 11 is 0. The molecule has 0 aromatic carbocycles. The first-order valence-corrected chi connectivity index (χ1v) is 4.30. The summed E-state index contributed by atoms with van der Waals surface area (Å²) in [6.45, 7) is 5.89. The second-order valence-electron chi connectivity index (χ2n) is 3.32. The molecule has 0 spiro atoms. The van der Waals surface area contributed by atoms with Gasteiger partial charge in [-0.15, -0.1) is 0 Å². The maximum Gasteiger partial charge on any atom is 0.293 e. The van der Waals surface area contributed by atoms with Crippen molar-refractivity contribution in [2.45, 2.75) is 25.9 Å². The normalized spacial score (nSPS) is 11.3. The van der Waals surface area contributed by atoms with E-state index < -0.39 is 0 Å². The molecule has 0 bridgehead atoms. The third-order valence-corrected chi connectivity index (χ3v) is 1.67. The molecule has 0 fully saturated rings. The van der Waals surface area contributed by atoms with E-state index in [9.17, 15) is 4.79 Å². The molecule has 0 unspecified atom stereocenters. The summed E-state index contributed by atoms with van der Waals surface area (Å²) in [5.74, 6) is 0. The molecule has 0 atom stereocenters. The van der Waals surface area contributed by atoms with Gasteiger partial charge in [0.2, 0.25) is 0 Å². The quantitative estimate of drug-likeness (QED) is 0.423. The van der Waals surface area contributed by atoms with Crippen LogP contribution in [0.4, 0.5) is 0 Å². The predicted molar refractivity (Wildman–Crippen MR) is 48.5 cm³/mol. The van der Waals surface area contributed by atoms with Crippen LogP contribution in [0.25, 0.3) is 0 Å². The van der Waals surface area contributed by atoms with Gasteiger partial charge >= 0.3 is 0 Å². The average molecular weight is 190 g/mol. The van der Waals surface area contributed by atoms with Crippen molar-refractivity contribution in [2.75, 3.05) is 26.9 Å². The Balaban J connectivity index is 3.47. The first-order valence-electron chi connectivity index (χ1n) is 4.30. The summed E-state index contributed by atoms with van der Waals surface area (Å²) in [4.78, 5) is 9.87. The van der Waals surface area contributed by atoms with Crippen molar-refractivity contribution in [3.8, 4) is 0 Å². The summed E-state index contributed by atoms with van der Waals surface area (Å²) in [5, 5.41) is 0. The Kier molecular flexibility index (Phi) is 6.54. The zero-order chi connectivity index (χ0) is 10.2. The molecule has 0 rings (SSSR count). The van der Waals surface area contributed by atoms with Gasteiger partial charge in [0.05, 0.1) is 25.4 Å². The molecule has 0 radical (unpaired) electrons. The van der Waals surface area contributed by atoms with Crippen molar-refractivity contribution < 1.29 is 19.0 Å². The smallest absolute Gasteiger partial charge is 0.293 e. The van der Waals surface area contributed by atoms with Crippen LogP contribution in [0.3, 0.4) is 0 Å². The van der Waals surface area contributed by atoms with Crippen LogP contribution >= 0.6 is 0 Å². The topological polar surface area (TPSA) is 44.8 Å². The number of hydrogen-bond donors (Lipinski definition) is 0. The van der Waals surface area contributed by atoms with Gasteiger partial charge in [-0.05, 0) is 13.8 Å². The van der Waals surface area contributed by atoms with Crippen LogP contribution in [-0.4, -0.2) is 39.0 Å². The van der Waals surface area contributed by atoms with Crippen LogP contribution in [0.2, 0.25) is 0 Å². The predicted octanol–water partition coefficient (Wildman–Crippen LogP) is 0.991. The summed E-state index contributed by atoms with van der Waals surface area (Å²) < 4.78 is 14.9. The SMILES string of the molecule is COCCOC(C)(C)CCOC=O. The van der Waals surface area contributed by atoms with Gasteiger partial charge in [0, 0.05) is 13.5 Å². The highest BCUT2D eigenvalue weighted by atomic mass is 16.5. The maximum absolute atomic E-state index is 9.87. The number of carbonyl (C=O) groups is 1. The first kappa shape index (κ1) is 12.4. The lowest BCUT2D eigenvalue weighted by Gasteiger charge is -2.24. The Labute approximate surface area is 79.2 Å². The van der Waals surface area contributed by atoms with Crippen molar-refractivity contribution in [2.24, 2.45) is 0 Å². The van der Waals surface area contributed by atoms with Crippen LogP contribution in [0.5, 0.6) is 0 Å². The monoisotopic (exact) mass is 190 g/mol. The van der Waals surface area contributed by atoms with Gasteiger partial charge in [-0.25, -0.2) is 0 Å². The standard InChI is InChI=1S/C9H18O4/c1-9(2,4-5-12-8-10)13-7-6-11-3/h8H,4-7H2,1-3H3. The fraction of sp³-hybridized carbons (Fsp3) is 0.889. The average Bonchev–Trinajstić information content (AvgIpc) is 2.05. The molecule has 0 N–H and O–H groups in total. The Morgan fingerprint density at radius 3 is 2.46 bits per heavy atom. The Bertz CT molecular complexity index is 134. The lowest BCUT2D eigenvalue weighted by molar-refractivity contribution is -0.130. The van der Waals surface area contributed by atoms with E-state index in [-0.39, 0.29) is 5.60 Å². The molecule has 13 heavy (non-hydrogen) atoms. The lowest BCUT2D eigenvalue weighted by Crippen LogP contribution is -2.27. The molecule has 4 heteroatoms. The van der Waals surface area contributed by atoms with E-state index in [4.69, 9.17) is 9.47 Å². The number of methoxy groups -OCH3 is 1. The van der Waals surface area contributed by atoms with E-state index in [2.05, 4.69) is 4.74 Å². The number of ether oxygens (including phenoxy) is 3. The van der Waals surface area contributed by atoms with Crippen molar-refractivity contribution in [1.29, 1.82) is 0 Å². The van der Waals surface area contributed by atoms with Gasteiger partial charge in [0.1, 0.15) is 0 Å². The molecular formula is C9H18O4. The van der Waals surface area contributed by atoms with Gasteiger partial charge in [0.15, 0.2) is 0 Å². The van der Waals surface area contributed by atoms with Crippen LogP contribution in [-0.2, 0) is 19.0 Å². The van der Waals surface area contributed by atoms with E-state index in [0.29, 0.717) is 32.7 Å². The van der Waals surface area contributed by atoms with E-state index in [0.717, 1.165) is 0 Å². The largest absolute Gasteiger partial charge is 0.468 e. The number of carbonyl (C=O) groups excluding carboxylic acids is 1. The zero-order valence-corrected chi connectivity index (χ0v) is 8.54. The molecule has 0 aliphatic rings. The van der Waals surface area contributed by atoms with Crippen LogP contribution in [0, 0.1) is 0 Å². The molecule has 0 saturated carbocycles. The van der Waals surface area contributed by atoms with Crippen molar-refractivity contribution in [1.82, 2.24) is 0 Å². The van der Waals surface area contributed by atoms with E-state index in [1.54, 1.807) is 7.11 Å². The minimum absolute atomic E-state index is 0.262. The molecule has 0 aliphatic heterocycles. The molecule has 0 aromatic heterocycles. The minimum atomic E-state index is -0.262. The van der Waals surface area contributed by atoms with E-state index >= 15 is 0 Å². The first-order chi connectivity index (χ1) is 6.12. The molecule has 78 valence electrons.